The quantitative estimate of drug-likeness (QED) is 0.845. The van der Waals surface area contributed by atoms with E-state index in [0.717, 1.165) is 5.39 Å². The maximum absolute atomic E-state index is 13.0. The van der Waals surface area contributed by atoms with Crippen LogP contribution >= 0.6 is 0 Å². The van der Waals surface area contributed by atoms with E-state index < -0.39 is 10.0 Å². The highest BCUT2D eigenvalue weighted by molar-refractivity contribution is 7.89. The number of aromatic nitrogens is 3. The van der Waals surface area contributed by atoms with Crippen molar-refractivity contribution in [2.24, 2.45) is 13.0 Å². The summed E-state index contributed by atoms with van der Waals surface area (Å²) in [7, 11) is -1.80. The normalized spacial score (nSPS) is 21.0. The summed E-state index contributed by atoms with van der Waals surface area (Å²) in [6, 6.07) is 1.64. The minimum atomic E-state index is -3.58. The van der Waals surface area contributed by atoms with E-state index in [1.165, 1.54) is 10.5 Å². The van der Waals surface area contributed by atoms with Crippen LogP contribution in [0, 0.1) is 5.92 Å². The van der Waals surface area contributed by atoms with Crippen LogP contribution in [-0.2, 0) is 21.8 Å². The van der Waals surface area contributed by atoms with E-state index in [4.69, 9.17) is 4.74 Å². The molecule has 0 aromatic carbocycles. The molecule has 1 unspecified atom stereocenters. The summed E-state index contributed by atoms with van der Waals surface area (Å²) in [5.74, 6) is 0.268. The van der Waals surface area contributed by atoms with Gasteiger partial charge in [-0.25, -0.2) is 13.4 Å². The first-order chi connectivity index (χ1) is 10.9. The predicted octanol–water partition coefficient (Wildman–Crippen LogP) is 1.40. The molecule has 1 aliphatic heterocycles. The number of ether oxygens (including phenoxy) is 1. The van der Waals surface area contributed by atoms with Gasteiger partial charge in [-0.15, -0.1) is 0 Å². The van der Waals surface area contributed by atoms with E-state index in [1.54, 1.807) is 24.0 Å². The number of rotatable bonds is 3. The van der Waals surface area contributed by atoms with Gasteiger partial charge in [-0.2, -0.15) is 9.40 Å². The van der Waals surface area contributed by atoms with E-state index >= 15 is 0 Å². The first-order valence-electron chi connectivity index (χ1n) is 7.79. The van der Waals surface area contributed by atoms with Gasteiger partial charge in [-0.3, -0.25) is 4.68 Å². The van der Waals surface area contributed by atoms with Crippen LogP contribution in [-0.4, -0.2) is 53.3 Å². The minimum Gasteiger partial charge on any atom is -0.377 e. The third-order valence-corrected chi connectivity index (χ3v) is 6.03. The first kappa shape index (κ1) is 16.4. The second-order valence-electron chi connectivity index (χ2n) is 6.22. The first-order valence-corrected chi connectivity index (χ1v) is 9.23. The predicted molar refractivity (Wildman–Crippen MR) is 86.5 cm³/mol. The SMILES string of the molecule is CC(C)C1CN(S(=O)(=O)c2cnc3c(cnn3C)c2)CCCO1. The molecule has 1 aliphatic rings. The molecule has 3 heterocycles. The van der Waals surface area contributed by atoms with Gasteiger partial charge in [-0.1, -0.05) is 13.8 Å². The lowest BCUT2D eigenvalue weighted by molar-refractivity contribution is 0.0301. The molecule has 0 radical (unpaired) electrons. The highest BCUT2D eigenvalue weighted by Gasteiger charge is 2.31. The van der Waals surface area contributed by atoms with Crippen molar-refractivity contribution in [3.63, 3.8) is 0 Å². The fourth-order valence-electron chi connectivity index (χ4n) is 2.76. The summed E-state index contributed by atoms with van der Waals surface area (Å²) < 4.78 is 34.8. The molecule has 1 saturated heterocycles. The van der Waals surface area contributed by atoms with Crippen LogP contribution in [0.2, 0.25) is 0 Å². The van der Waals surface area contributed by atoms with Crippen molar-refractivity contribution in [2.45, 2.75) is 31.3 Å². The molecular weight excluding hydrogens is 316 g/mol. The Bertz CT molecular complexity index is 800. The van der Waals surface area contributed by atoms with E-state index in [-0.39, 0.29) is 16.9 Å². The van der Waals surface area contributed by atoms with Crippen LogP contribution < -0.4 is 0 Å². The molecule has 0 aliphatic carbocycles. The summed E-state index contributed by atoms with van der Waals surface area (Å²) in [6.07, 6.45) is 3.66. The number of nitrogens with zero attached hydrogens (tertiary/aromatic N) is 4. The molecule has 0 bridgehead atoms. The lowest BCUT2D eigenvalue weighted by Crippen LogP contribution is -2.38. The number of pyridine rings is 1. The Hall–Kier alpha value is -1.51. The molecule has 1 fully saturated rings. The van der Waals surface area contributed by atoms with Gasteiger partial charge in [0.05, 0.1) is 12.3 Å². The molecule has 0 amide bonds. The highest BCUT2D eigenvalue weighted by atomic mass is 32.2. The van der Waals surface area contributed by atoms with Crippen molar-refractivity contribution >= 4 is 21.1 Å². The Kier molecular flexibility index (Phi) is 4.39. The van der Waals surface area contributed by atoms with Crippen LogP contribution in [0.5, 0.6) is 0 Å². The summed E-state index contributed by atoms with van der Waals surface area (Å²) in [5, 5.41) is 4.83. The molecule has 0 saturated carbocycles. The Morgan fingerprint density at radius 1 is 1.35 bits per heavy atom. The molecule has 2 aromatic heterocycles. The van der Waals surface area contributed by atoms with Gasteiger partial charge in [0.15, 0.2) is 5.65 Å². The molecule has 126 valence electrons. The lowest BCUT2D eigenvalue weighted by atomic mass is 10.1. The highest BCUT2D eigenvalue weighted by Crippen LogP contribution is 2.23. The lowest BCUT2D eigenvalue weighted by Gasteiger charge is -2.25. The number of sulfonamides is 1. The second kappa shape index (κ2) is 6.18. The Morgan fingerprint density at radius 2 is 2.13 bits per heavy atom. The zero-order valence-corrected chi connectivity index (χ0v) is 14.5. The summed E-state index contributed by atoms with van der Waals surface area (Å²) in [4.78, 5) is 4.45. The molecular formula is C15H22N4O3S. The van der Waals surface area contributed by atoms with Gasteiger partial charge in [-0.05, 0) is 18.4 Å². The molecule has 0 N–H and O–H groups in total. The second-order valence-corrected chi connectivity index (χ2v) is 8.16. The molecule has 1 atom stereocenters. The Balaban J connectivity index is 1.94. The summed E-state index contributed by atoms with van der Waals surface area (Å²) in [5.41, 5.74) is 0.670. The van der Waals surface area contributed by atoms with Crippen molar-refractivity contribution in [1.29, 1.82) is 0 Å². The van der Waals surface area contributed by atoms with Crippen molar-refractivity contribution in [3.8, 4) is 0 Å². The Labute approximate surface area is 136 Å². The van der Waals surface area contributed by atoms with Crippen molar-refractivity contribution in [3.05, 3.63) is 18.5 Å². The maximum Gasteiger partial charge on any atom is 0.244 e. The number of hydrogen-bond acceptors (Lipinski definition) is 5. The molecule has 8 heteroatoms. The monoisotopic (exact) mass is 338 g/mol. The van der Waals surface area contributed by atoms with Crippen molar-refractivity contribution in [2.75, 3.05) is 19.7 Å². The van der Waals surface area contributed by atoms with Gasteiger partial charge in [0.2, 0.25) is 10.0 Å². The summed E-state index contributed by atoms with van der Waals surface area (Å²) >= 11 is 0. The number of aryl methyl sites for hydroxylation is 1. The fourth-order valence-corrected chi connectivity index (χ4v) is 4.23. The van der Waals surface area contributed by atoms with Crippen LogP contribution in [0.1, 0.15) is 20.3 Å². The molecule has 0 spiro atoms. The van der Waals surface area contributed by atoms with Crippen LogP contribution in [0.3, 0.4) is 0 Å². The smallest absolute Gasteiger partial charge is 0.244 e. The van der Waals surface area contributed by atoms with Gasteiger partial charge >= 0.3 is 0 Å². The maximum atomic E-state index is 13.0. The van der Waals surface area contributed by atoms with Crippen LogP contribution in [0.25, 0.3) is 11.0 Å². The van der Waals surface area contributed by atoms with Gasteiger partial charge in [0.1, 0.15) is 4.90 Å². The third-order valence-electron chi connectivity index (χ3n) is 4.20. The topological polar surface area (TPSA) is 77.3 Å². The van der Waals surface area contributed by atoms with Gasteiger partial charge < -0.3 is 4.74 Å². The van der Waals surface area contributed by atoms with Crippen LogP contribution in [0.4, 0.5) is 0 Å². The molecule has 7 nitrogen and oxygen atoms in total. The van der Waals surface area contributed by atoms with E-state index in [0.29, 0.717) is 31.8 Å². The fraction of sp³-hybridized carbons (Fsp3) is 0.600. The van der Waals surface area contributed by atoms with E-state index in [2.05, 4.69) is 10.1 Å². The van der Waals surface area contributed by atoms with Gasteiger partial charge in [0, 0.05) is 38.3 Å². The zero-order chi connectivity index (χ0) is 16.6. The molecule has 3 rings (SSSR count). The number of fused-ring (bicyclic) bond motifs is 1. The molecule has 2 aromatic rings. The number of hydrogen-bond donors (Lipinski definition) is 0. The Morgan fingerprint density at radius 3 is 2.87 bits per heavy atom. The van der Waals surface area contributed by atoms with Crippen molar-refractivity contribution in [1.82, 2.24) is 19.1 Å². The molecule has 23 heavy (non-hydrogen) atoms. The zero-order valence-electron chi connectivity index (χ0n) is 13.6. The van der Waals surface area contributed by atoms with E-state index in [9.17, 15) is 8.42 Å². The third kappa shape index (κ3) is 3.11. The average molecular weight is 338 g/mol. The van der Waals surface area contributed by atoms with Crippen molar-refractivity contribution < 1.29 is 13.2 Å². The average Bonchev–Trinajstić information content (AvgIpc) is 2.74. The van der Waals surface area contributed by atoms with Gasteiger partial charge in [0.25, 0.3) is 0 Å². The minimum absolute atomic E-state index is 0.0812. The largest absolute Gasteiger partial charge is 0.377 e. The van der Waals surface area contributed by atoms with E-state index in [1.807, 2.05) is 13.8 Å². The van der Waals surface area contributed by atoms with Crippen LogP contribution in [0.15, 0.2) is 23.4 Å². The standard InChI is InChI=1S/C15H22N4O3S/c1-11(2)14-10-19(5-4-6-22-14)23(20,21)13-7-12-8-17-18(3)15(12)16-9-13/h7-9,11,14H,4-6,10H2,1-3H3. The summed E-state index contributed by atoms with van der Waals surface area (Å²) in [6.45, 7) is 5.53.